The maximum atomic E-state index is 11.9. The Morgan fingerprint density at radius 2 is 1.50 bits per heavy atom. The zero-order valence-electron chi connectivity index (χ0n) is 16.6. The Kier molecular flexibility index (Phi) is 12.8. The topological polar surface area (TPSA) is 52.6 Å². The number of esters is 2. The van der Waals surface area contributed by atoms with E-state index in [1.54, 1.807) is 0 Å². The van der Waals surface area contributed by atoms with Gasteiger partial charge in [-0.15, -0.1) is 11.6 Å². The van der Waals surface area contributed by atoms with Crippen molar-refractivity contribution in [3.8, 4) is 0 Å². The highest BCUT2D eigenvalue weighted by Gasteiger charge is 2.26. The van der Waals surface area contributed by atoms with Crippen LogP contribution in [-0.4, -0.2) is 30.5 Å². The second-order valence-electron chi connectivity index (χ2n) is 7.76. The van der Waals surface area contributed by atoms with Gasteiger partial charge in [-0.3, -0.25) is 9.59 Å². The molecule has 0 saturated heterocycles. The van der Waals surface area contributed by atoms with Crippen LogP contribution in [0.1, 0.15) is 90.9 Å². The normalized spacial score (nSPS) is 22.8. The smallest absolute Gasteiger partial charge is 0.306 e. The Hall–Kier alpha value is -0.770. The van der Waals surface area contributed by atoms with Crippen LogP contribution in [-0.2, 0) is 19.1 Å². The first-order valence-electron chi connectivity index (χ1n) is 10.4. The number of unbranched alkanes of at least 4 members (excludes halogenated alkanes) is 5. The monoisotopic (exact) mass is 388 g/mol. The van der Waals surface area contributed by atoms with Crippen LogP contribution in [0.15, 0.2) is 0 Å². The highest BCUT2D eigenvalue weighted by molar-refractivity contribution is 6.17. The molecule has 152 valence electrons. The van der Waals surface area contributed by atoms with Crippen LogP contribution in [0.2, 0.25) is 0 Å². The van der Waals surface area contributed by atoms with Crippen LogP contribution < -0.4 is 0 Å². The number of hydrogen-bond acceptors (Lipinski definition) is 4. The fourth-order valence-corrected chi connectivity index (χ4v) is 3.58. The number of alkyl halides is 1. The second kappa shape index (κ2) is 14.3. The van der Waals surface area contributed by atoms with Crippen molar-refractivity contribution in [2.24, 2.45) is 11.8 Å². The lowest BCUT2D eigenvalue weighted by atomic mass is 9.80. The van der Waals surface area contributed by atoms with Gasteiger partial charge in [-0.05, 0) is 50.4 Å². The minimum atomic E-state index is -0.208. The largest absolute Gasteiger partial charge is 0.466 e. The number of carbonyl (C=O) groups is 2. The summed E-state index contributed by atoms with van der Waals surface area (Å²) < 4.78 is 10.8. The molecule has 0 aromatic rings. The van der Waals surface area contributed by atoms with Gasteiger partial charge in [0.1, 0.15) is 6.10 Å². The van der Waals surface area contributed by atoms with Crippen LogP contribution in [0.3, 0.4) is 0 Å². The van der Waals surface area contributed by atoms with E-state index < -0.39 is 0 Å². The lowest BCUT2D eigenvalue weighted by molar-refractivity contribution is -0.152. The van der Waals surface area contributed by atoms with Crippen molar-refractivity contribution >= 4 is 23.5 Å². The molecule has 5 heteroatoms. The van der Waals surface area contributed by atoms with Gasteiger partial charge in [-0.2, -0.15) is 0 Å². The van der Waals surface area contributed by atoms with Gasteiger partial charge in [-0.1, -0.05) is 39.5 Å². The molecule has 1 aliphatic rings. The van der Waals surface area contributed by atoms with Crippen molar-refractivity contribution in [2.75, 3.05) is 12.5 Å². The van der Waals surface area contributed by atoms with E-state index in [4.69, 9.17) is 21.1 Å². The molecule has 1 saturated carbocycles. The molecule has 0 aliphatic heterocycles. The molecular weight excluding hydrogens is 352 g/mol. The average molecular weight is 389 g/mol. The summed E-state index contributed by atoms with van der Waals surface area (Å²) in [5.41, 5.74) is 0. The third kappa shape index (κ3) is 11.1. The number of ether oxygens (including phenoxy) is 2. The Balaban J connectivity index is 1.96. The number of hydrogen-bond donors (Lipinski definition) is 0. The van der Waals surface area contributed by atoms with Crippen molar-refractivity contribution in [1.29, 1.82) is 0 Å². The fourth-order valence-electron chi connectivity index (χ4n) is 3.39. The van der Waals surface area contributed by atoms with Gasteiger partial charge >= 0.3 is 11.9 Å². The van der Waals surface area contributed by atoms with E-state index >= 15 is 0 Å². The zero-order chi connectivity index (χ0) is 19.2. The van der Waals surface area contributed by atoms with Gasteiger partial charge in [0, 0.05) is 18.7 Å². The summed E-state index contributed by atoms with van der Waals surface area (Å²) in [4.78, 5) is 23.6. The lowest BCUT2D eigenvalue weighted by Gasteiger charge is -2.31. The van der Waals surface area contributed by atoms with Gasteiger partial charge in [0.25, 0.3) is 0 Å². The van der Waals surface area contributed by atoms with E-state index in [0.717, 1.165) is 44.4 Å². The highest BCUT2D eigenvalue weighted by atomic mass is 35.5. The van der Waals surface area contributed by atoms with E-state index in [0.29, 0.717) is 37.7 Å². The lowest BCUT2D eigenvalue weighted by Crippen LogP contribution is -2.28. The molecule has 0 spiro atoms. The van der Waals surface area contributed by atoms with Crippen LogP contribution in [0, 0.1) is 11.8 Å². The van der Waals surface area contributed by atoms with E-state index in [2.05, 4.69) is 13.8 Å². The molecule has 0 heterocycles. The molecule has 3 unspecified atom stereocenters. The molecule has 1 fully saturated rings. The molecule has 1 aliphatic carbocycles. The van der Waals surface area contributed by atoms with Crippen LogP contribution in [0.4, 0.5) is 0 Å². The van der Waals surface area contributed by atoms with Crippen molar-refractivity contribution in [1.82, 2.24) is 0 Å². The summed E-state index contributed by atoms with van der Waals surface area (Å²) in [5, 5.41) is 0. The van der Waals surface area contributed by atoms with Crippen molar-refractivity contribution in [3.63, 3.8) is 0 Å². The first-order chi connectivity index (χ1) is 12.5. The molecule has 26 heavy (non-hydrogen) atoms. The van der Waals surface area contributed by atoms with Gasteiger partial charge in [-0.25, -0.2) is 0 Å². The van der Waals surface area contributed by atoms with Crippen LogP contribution in [0.5, 0.6) is 0 Å². The summed E-state index contributed by atoms with van der Waals surface area (Å²) in [6, 6.07) is 0. The van der Waals surface area contributed by atoms with Gasteiger partial charge < -0.3 is 9.47 Å². The molecule has 0 N–H and O–H groups in total. The second-order valence-corrected chi connectivity index (χ2v) is 8.14. The summed E-state index contributed by atoms with van der Waals surface area (Å²) in [7, 11) is 0. The molecule has 1 rings (SSSR count). The number of carbonyl (C=O) groups excluding carboxylic acids is 2. The maximum Gasteiger partial charge on any atom is 0.306 e. The third-order valence-corrected chi connectivity index (χ3v) is 5.67. The Bertz CT molecular complexity index is 399. The summed E-state index contributed by atoms with van der Waals surface area (Å²) in [5.74, 6) is 1.67. The maximum absolute atomic E-state index is 11.9. The zero-order valence-corrected chi connectivity index (χ0v) is 17.4. The number of halogens is 1. The molecule has 0 aromatic carbocycles. The SMILES string of the molecule is CC1CCC(OC(=O)CCCC(=O)OCCCCCCCCCl)CC1C. The number of rotatable bonds is 13. The highest BCUT2D eigenvalue weighted by Crippen LogP contribution is 2.31. The molecule has 0 bridgehead atoms. The van der Waals surface area contributed by atoms with Crippen LogP contribution in [0.25, 0.3) is 0 Å². The summed E-state index contributed by atoms with van der Waals surface area (Å²) in [6.07, 6.45) is 10.8. The van der Waals surface area contributed by atoms with E-state index in [-0.39, 0.29) is 18.0 Å². The van der Waals surface area contributed by atoms with E-state index in [1.165, 1.54) is 19.3 Å². The molecule has 3 atom stereocenters. The van der Waals surface area contributed by atoms with E-state index in [9.17, 15) is 9.59 Å². The minimum absolute atomic E-state index is 0.0603. The van der Waals surface area contributed by atoms with E-state index in [1.807, 2.05) is 0 Å². The predicted molar refractivity (Wildman–Crippen MR) is 105 cm³/mol. The fraction of sp³-hybridized carbons (Fsp3) is 0.905. The van der Waals surface area contributed by atoms with Gasteiger partial charge in [0.2, 0.25) is 0 Å². The van der Waals surface area contributed by atoms with Crippen LogP contribution >= 0.6 is 11.6 Å². The van der Waals surface area contributed by atoms with Gasteiger partial charge in [0.05, 0.1) is 6.61 Å². The quantitative estimate of drug-likeness (QED) is 0.232. The predicted octanol–water partition coefficient (Wildman–Crippen LogP) is 5.65. The van der Waals surface area contributed by atoms with Crippen molar-refractivity contribution in [3.05, 3.63) is 0 Å². The molecule has 0 radical (unpaired) electrons. The molecular formula is C21H37ClO4. The standard InChI is InChI=1S/C21H37ClO4/c1-17-12-13-19(16-18(17)2)26-21(24)11-9-10-20(23)25-15-8-6-4-3-5-7-14-22/h17-19H,3-16H2,1-2H3. The minimum Gasteiger partial charge on any atom is -0.466 e. The first-order valence-corrected chi connectivity index (χ1v) is 11.0. The molecule has 0 aromatic heterocycles. The molecule has 0 amide bonds. The Labute approximate surface area is 164 Å². The Morgan fingerprint density at radius 1 is 0.846 bits per heavy atom. The summed E-state index contributed by atoms with van der Waals surface area (Å²) >= 11 is 5.63. The van der Waals surface area contributed by atoms with Gasteiger partial charge in [0.15, 0.2) is 0 Å². The summed E-state index contributed by atoms with van der Waals surface area (Å²) in [6.45, 7) is 4.97. The Morgan fingerprint density at radius 3 is 2.19 bits per heavy atom. The molecule has 4 nitrogen and oxygen atoms in total. The first kappa shape index (κ1) is 23.3. The average Bonchev–Trinajstić information content (AvgIpc) is 2.60. The third-order valence-electron chi connectivity index (χ3n) is 5.40. The van der Waals surface area contributed by atoms with Crippen molar-refractivity contribution < 1.29 is 19.1 Å². The van der Waals surface area contributed by atoms with Crippen molar-refractivity contribution in [2.45, 2.75) is 97.0 Å².